The minimum atomic E-state index is -1.14. The molecule has 2 heterocycles. The Kier molecular flexibility index (Phi) is 4.14. The van der Waals surface area contributed by atoms with Crippen LogP contribution in [-0.2, 0) is 5.75 Å². The average molecular weight is 343 g/mol. The summed E-state index contributed by atoms with van der Waals surface area (Å²) >= 11 is 2.48. The first-order valence-corrected chi connectivity index (χ1v) is 8.31. The van der Waals surface area contributed by atoms with E-state index in [2.05, 4.69) is 16.0 Å². The van der Waals surface area contributed by atoms with Gasteiger partial charge in [0.05, 0.1) is 22.6 Å². The molecule has 0 saturated carbocycles. The van der Waals surface area contributed by atoms with E-state index in [0.29, 0.717) is 21.3 Å². The Morgan fingerprint density at radius 3 is 2.78 bits per heavy atom. The van der Waals surface area contributed by atoms with Crippen LogP contribution in [0.5, 0.6) is 0 Å². The molecule has 3 aromatic rings. The highest BCUT2D eigenvalue weighted by Gasteiger charge is 2.16. The highest BCUT2D eigenvalue weighted by molar-refractivity contribution is 7.98. The number of carboxylic acid groups (broad SMARTS) is 1. The number of thioether (sulfide) groups is 1. The van der Waals surface area contributed by atoms with Crippen molar-refractivity contribution in [1.82, 2.24) is 9.97 Å². The molecule has 0 aliphatic carbocycles. The van der Waals surface area contributed by atoms with Crippen LogP contribution >= 0.6 is 23.1 Å². The molecule has 23 heavy (non-hydrogen) atoms. The third-order valence-electron chi connectivity index (χ3n) is 3.11. The predicted molar refractivity (Wildman–Crippen MR) is 87.9 cm³/mol. The summed E-state index contributed by atoms with van der Waals surface area (Å²) in [5, 5.41) is 19.8. The Morgan fingerprint density at radius 2 is 2.13 bits per heavy atom. The highest BCUT2D eigenvalue weighted by atomic mass is 32.2. The van der Waals surface area contributed by atoms with Gasteiger partial charge in [0, 0.05) is 11.1 Å². The molecule has 0 atom stereocenters. The summed E-state index contributed by atoms with van der Waals surface area (Å²) in [6, 6.07) is 9.20. The van der Waals surface area contributed by atoms with Crippen molar-refractivity contribution in [3.63, 3.8) is 0 Å². The summed E-state index contributed by atoms with van der Waals surface area (Å²) in [5.41, 5.74) is 1.11. The Morgan fingerprint density at radius 1 is 1.39 bits per heavy atom. The van der Waals surface area contributed by atoms with Gasteiger partial charge in [0.1, 0.15) is 4.83 Å². The van der Waals surface area contributed by atoms with Crippen molar-refractivity contribution in [3.8, 4) is 6.07 Å². The fourth-order valence-electron chi connectivity index (χ4n) is 1.98. The maximum absolute atomic E-state index is 12.1. The van der Waals surface area contributed by atoms with Gasteiger partial charge in [0.15, 0.2) is 5.16 Å². The number of carbonyl (C=O) groups is 1. The molecule has 0 spiro atoms. The second kappa shape index (κ2) is 6.24. The number of aromatic amines is 1. The number of fused-ring (bicyclic) bond motifs is 1. The van der Waals surface area contributed by atoms with Gasteiger partial charge in [-0.3, -0.25) is 4.79 Å². The van der Waals surface area contributed by atoms with Crippen LogP contribution in [0.4, 0.5) is 0 Å². The number of thiophene rings is 1. The number of H-pyrrole nitrogens is 1. The van der Waals surface area contributed by atoms with Gasteiger partial charge >= 0.3 is 5.97 Å². The molecule has 0 aliphatic rings. The summed E-state index contributed by atoms with van der Waals surface area (Å²) in [4.78, 5) is 30.5. The van der Waals surface area contributed by atoms with E-state index in [1.54, 1.807) is 12.1 Å². The van der Waals surface area contributed by atoms with Gasteiger partial charge in [0.25, 0.3) is 5.56 Å². The van der Waals surface area contributed by atoms with Crippen molar-refractivity contribution in [2.45, 2.75) is 10.9 Å². The van der Waals surface area contributed by atoms with Crippen LogP contribution < -0.4 is 5.56 Å². The quantitative estimate of drug-likeness (QED) is 0.557. The van der Waals surface area contributed by atoms with Crippen molar-refractivity contribution in [1.29, 1.82) is 5.26 Å². The molecule has 114 valence electrons. The highest BCUT2D eigenvalue weighted by Crippen LogP contribution is 2.25. The number of aromatic nitrogens is 2. The molecule has 0 aliphatic heterocycles. The van der Waals surface area contributed by atoms with Crippen LogP contribution in [0.25, 0.3) is 10.2 Å². The minimum absolute atomic E-state index is 0.0256. The smallest absolute Gasteiger partial charge is 0.337 e. The fraction of sp³-hybridized carbons (Fsp3) is 0.0667. The van der Waals surface area contributed by atoms with Crippen molar-refractivity contribution in [3.05, 3.63) is 56.7 Å². The van der Waals surface area contributed by atoms with Gasteiger partial charge in [-0.25, -0.2) is 9.78 Å². The van der Waals surface area contributed by atoms with Gasteiger partial charge < -0.3 is 10.1 Å². The van der Waals surface area contributed by atoms with E-state index in [9.17, 15) is 9.59 Å². The Balaban J connectivity index is 1.85. The zero-order valence-corrected chi connectivity index (χ0v) is 13.2. The Labute approximate surface area is 138 Å². The standard InChI is InChI=1S/C15H9N3O3S2/c16-5-8-1-3-9(4-2-8)6-23-15-17-12(19)11-10(14(20)21)7-22-13(11)18-15/h1-4,7H,6H2,(H,20,21)(H,17,18,19). The van der Waals surface area contributed by atoms with Gasteiger partial charge in [-0.05, 0) is 17.7 Å². The first-order valence-electron chi connectivity index (χ1n) is 6.45. The molecular weight excluding hydrogens is 334 g/mol. The number of nitriles is 1. The van der Waals surface area contributed by atoms with E-state index < -0.39 is 11.5 Å². The van der Waals surface area contributed by atoms with Crippen molar-refractivity contribution in [2.24, 2.45) is 0 Å². The molecule has 1 aromatic carbocycles. The second-order valence-electron chi connectivity index (χ2n) is 4.60. The fourth-order valence-corrected chi connectivity index (χ4v) is 3.77. The molecule has 2 aromatic heterocycles. The lowest BCUT2D eigenvalue weighted by molar-refractivity contribution is 0.0699. The molecule has 0 saturated heterocycles. The van der Waals surface area contributed by atoms with Crippen LogP contribution in [-0.4, -0.2) is 21.0 Å². The number of benzene rings is 1. The lowest BCUT2D eigenvalue weighted by Crippen LogP contribution is -2.11. The van der Waals surface area contributed by atoms with Crippen LogP contribution in [0.1, 0.15) is 21.5 Å². The summed E-state index contributed by atoms with van der Waals surface area (Å²) in [6.45, 7) is 0. The monoisotopic (exact) mass is 343 g/mol. The van der Waals surface area contributed by atoms with Crippen molar-refractivity contribution < 1.29 is 9.90 Å². The van der Waals surface area contributed by atoms with Gasteiger partial charge in [-0.1, -0.05) is 23.9 Å². The normalized spacial score (nSPS) is 10.6. The topological polar surface area (TPSA) is 107 Å². The molecule has 0 radical (unpaired) electrons. The number of hydrogen-bond acceptors (Lipinski definition) is 6. The van der Waals surface area contributed by atoms with E-state index >= 15 is 0 Å². The SMILES string of the molecule is N#Cc1ccc(CSc2nc3scc(C(=O)O)c3c(=O)[nH]2)cc1. The average Bonchev–Trinajstić information content (AvgIpc) is 2.98. The van der Waals surface area contributed by atoms with Crippen LogP contribution in [0.3, 0.4) is 0 Å². The molecule has 0 fully saturated rings. The number of rotatable bonds is 4. The first-order chi connectivity index (χ1) is 11.1. The number of hydrogen-bond donors (Lipinski definition) is 2. The molecule has 3 rings (SSSR count). The molecule has 0 unspecified atom stereocenters. The van der Waals surface area contributed by atoms with E-state index in [0.717, 1.165) is 16.9 Å². The maximum atomic E-state index is 12.1. The number of nitrogens with zero attached hydrogens (tertiary/aromatic N) is 2. The molecule has 6 nitrogen and oxygen atoms in total. The molecule has 0 amide bonds. The Bertz CT molecular complexity index is 984. The molecule has 2 N–H and O–H groups in total. The summed E-state index contributed by atoms with van der Waals surface area (Å²) in [5.74, 6) is -0.557. The van der Waals surface area contributed by atoms with Gasteiger partial charge in [0.2, 0.25) is 0 Å². The number of carboxylic acids is 1. The zero-order valence-electron chi connectivity index (χ0n) is 11.6. The van der Waals surface area contributed by atoms with E-state index in [1.165, 1.54) is 17.1 Å². The zero-order chi connectivity index (χ0) is 16.4. The summed E-state index contributed by atoms with van der Waals surface area (Å²) in [7, 11) is 0. The maximum Gasteiger partial charge on any atom is 0.337 e. The lowest BCUT2D eigenvalue weighted by Gasteiger charge is -2.02. The largest absolute Gasteiger partial charge is 0.478 e. The lowest BCUT2D eigenvalue weighted by atomic mass is 10.2. The van der Waals surface area contributed by atoms with E-state index in [1.807, 2.05) is 12.1 Å². The molecular formula is C15H9N3O3S2. The van der Waals surface area contributed by atoms with Crippen LogP contribution in [0.2, 0.25) is 0 Å². The summed E-state index contributed by atoms with van der Waals surface area (Å²) < 4.78 is 0. The molecule has 0 bridgehead atoms. The molecule has 8 heteroatoms. The van der Waals surface area contributed by atoms with Crippen molar-refractivity contribution in [2.75, 3.05) is 0 Å². The van der Waals surface area contributed by atoms with Crippen LogP contribution in [0, 0.1) is 11.3 Å². The number of nitrogens with one attached hydrogen (secondary N) is 1. The first kappa shape index (κ1) is 15.3. The predicted octanol–water partition coefficient (Wildman–Crippen LogP) is 2.85. The van der Waals surface area contributed by atoms with Gasteiger partial charge in [-0.2, -0.15) is 5.26 Å². The van der Waals surface area contributed by atoms with E-state index in [-0.39, 0.29) is 10.9 Å². The second-order valence-corrected chi connectivity index (χ2v) is 6.43. The van der Waals surface area contributed by atoms with Crippen molar-refractivity contribution >= 4 is 39.3 Å². The minimum Gasteiger partial charge on any atom is -0.478 e. The van der Waals surface area contributed by atoms with Gasteiger partial charge in [-0.15, -0.1) is 11.3 Å². The third-order valence-corrected chi connectivity index (χ3v) is 4.93. The number of aromatic carboxylic acids is 1. The Hall–Kier alpha value is -2.63. The third kappa shape index (κ3) is 3.11. The summed E-state index contributed by atoms with van der Waals surface area (Å²) in [6.07, 6.45) is 0. The van der Waals surface area contributed by atoms with Crippen LogP contribution in [0.15, 0.2) is 39.6 Å². The van der Waals surface area contributed by atoms with E-state index in [4.69, 9.17) is 10.4 Å².